The first-order chi connectivity index (χ1) is 15.7. The van der Waals surface area contributed by atoms with Gasteiger partial charge < -0.3 is 9.73 Å². The minimum absolute atomic E-state index is 0.0255. The predicted molar refractivity (Wildman–Crippen MR) is 117 cm³/mol. The molecule has 0 saturated carbocycles. The molecule has 0 radical (unpaired) electrons. The van der Waals surface area contributed by atoms with Crippen molar-refractivity contribution in [3.05, 3.63) is 70.1 Å². The normalized spacial score (nSPS) is 18.9. The van der Waals surface area contributed by atoms with Gasteiger partial charge in [0.15, 0.2) is 5.76 Å². The third kappa shape index (κ3) is 4.52. The standard InChI is InChI=1S/C23H28N6O3/c30-22(20-7-6-19(32-20)16-27-11-1-2-12-27)25-18-5-8-21-26-29(23(31)28(21)13-9-18)15-17-4-3-10-24-14-17/h3-4,6-7,10,14,18H,1-2,5,8-9,11-13,15-16H2,(H,25,30). The molecule has 1 unspecified atom stereocenters. The first-order valence-electron chi connectivity index (χ1n) is 11.3. The van der Waals surface area contributed by atoms with Crippen LogP contribution < -0.4 is 11.0 Å². The van der Waals surface area contributed by atoms with Gasteiger partial charge in [-0.05, 0) is 62.5 Å². The lowest BCUT2D eigenvalue weighted by molar-refractivity contribution is 0.0901. The molecule has 3 aromatic heterocycles. The number of rotatable bonds is 6. The summed E-state index contributed by atoms with van der Waals surface area (Å²) in [5.41, 5.74) is 0.823. The third-order valence-corrected chi connectivity index (χ3v) is 6.27. The Morgan fingerprint density at radius 2 is 2.00 bits per heavy atom. The van der Waals surface area contributed by atoms with E-state index in [0.29, 0.717) is 31.7 Å². The van der Waals surface area contributed by atoms with Crippen LogP contribution in [0.4, 0.5) is 0 Å². The van der Waals surface area contributed by atoms with Crippen molar-refractivity contribution in [2.24, 2.45) is 0 Å². The summed E-state index contributed by atoms with van der Waals surface area (Å²) in [6, 6.07) is 7.40. The van der Waals surface area contributed by atoms with E-state index in [1.807, 2.05) is 18.2 Å². The zero-order valence-electron chi connectivity index (χ0n) is 18.1. The average Bonchev–Trinajstić information content (AvgIpc) is 3.51. The molecule has 1 fully saturated rings. The lowest BCUT2D eigenvalue weighted by Gasteiger charge is -2.15. The van der Waals surface area contributed by atoms with E-state index >= 15 is 0 Å². The van der Waals surface area contributed by atoms with Gasteiger partial charge in [0.25, 0.3) is 5.91 Å². The molecule has 1 atom stereocenters. The maximum Gasteiger partial charge on any atom is 0.346 e. The number of nitrogens with one attached hydrogen (secondary N) is 1. The van der Waals surface area contributed by atoms with Gasteiger partial charge in [0.05, 0.1) is 13.1 Å². The minimum Gasteiger partial charge on any atom is -0.455 e. The van der Waals surface area contributed by atoms with E-state index in [1.54, 1.807) is 23.0 Å². The zero-order chi connectivity index (χ0) is 21.9. The SMILES string of the molecule is O=C(NC1CCc2nn(Cc3cccnc3)c(=O)n2CC1)c1ccc(CN2CCCC2)o1. The molecule has 5 rings (SSSR count). The fraction of sp³-hybridized carbons (Fsp3) is 0.478. The number of fused-ring (bicyclic) bond motifs is 1. The molecule has 0 aromatic carbocycles. The molecule has 0 spiro atoms. The van der Waals surface area contributed by atoms with Gasteiger partial charge in [0.1, 0.15) is 11.6 Å². The Morgan fingerprint density at radius 3 is 2.81 bits per heavy atom. The first-order valence-corrected chi connectivity index (χ1v) is 11.3. The highest BCUT2D eigenvalue weighted by atomic mass is 16.4. The van der Waals surface area contributed by atoms with Crippen LogP contribution in [0, 0.1) is 0 Å². The third-order valence-electron chi connectivity index (χ3n) is 6.27. The molecule has 168 valence electrons. The van der Waals surface area contributed by atoms with Crippen molar-refractivity contribution < 1.29 is 9.21 Å². The van der Waals surface area contributed by atoms with E-state index in [-0.39, 0.29) is 17.6 Å². The monoisotopic (exact) mass is 436 g/mol. The smallest absolute Gasteiger partial charge is 0.346 e. The average molecular weight is 437 g/mol. The number of carbonyl (C=O) groups is 1. The maximum absolute atomic E-state index is 12.8. The number of amides is 1. The highest BCUT2D eigenvalue weighted by molar-refractivity contribution is 5.91. The lowest BCUT2D eigenvalue weighted by atomic mass is 10.1. The summed E-state index contributed by atoms with van der Waals surface area (Å²) < 4.78 is 9.01. The van der Waals surface area contributed by atoms with Crippen molar-refractivity contribution in [2.75, 3.05) is 13.1 Å². The number of aryl methyl sites for hydroxylation is 1. The molecule has 2 aliphatic rings. The topological polar surface area (TPSA) is 98.2 Å². The predicted octanol–water partition coefficient (Wildman–Crippen LogP) is 1.81. The van der Waals surface area contributed by atoms with Crippen molar-refractivity contribution in [3.63, 3.8) is 0 Å². The number of pyridine rings is 1. The van der Waals surface area contributed by atoms with Crippen LogP contribution in [0.5, 0.6) is 0 Å². The molecule has 1 saturated heterocycles. The molecule has 1 N–H and O–H groups in total. The van der Waals surface area contributed by atoms with Gasteiger partial charge in [0.2, 0.25) is 0 Å². The Labute approximate surface area is 186 Å². The van der Waals surface area contributed by atoms with Crippen molar-refractivity contribution >= 4 is 5.91 Å². The fourth-order valence-corrected chi connectivity index (χ4v) is 4.54. The van der Waals surface area contributed by atoms with E-state index in [2.05, 4.69) is 20.3 Å². The van der Waals surface area contributed by atoms with Crippen LogP contribution in [0.2, 0.25) is 0 Å². The van der Waals surface area contributed by atoms with Crippen LogP contribution in [0.25, 0.3) is 0 Å². The van der Waals surface area contributed by atoms with E-state index in [4.69, 9.17) is 4.42 Å². The summed E-state index contributed by atoms with van der Waals surface area (Å²) in [4.78, 5) is 31.9. The molecular weight excluding hydrogens is 408 g/mol. The Balaban J connectivity index is 1.18. The molecule has 2 aliphatic heterocycles. The number of hydrogen-bond acceptors (Lipinski definition) is 6. The first kappa shape index (κ1) is 20.7. The quantitative estimate of drug-likeness (QED) is 0.633. The highest BCUT2D eigenvalue weighted by Crippen LogP contribution is 2.17. The van der Waals surface area contributed by atoms with Gasteiger partial charge in [-0.1, -0.05) is 6.07 Å². The minimum atomic E-state index is -0.198. The number of furan rings is 1. The van der Waals surface area contributed by atoms with E-state index < -0.39 is 0 Å². The summed E-state index contributed by atoms with van der Waals surface area (Å²) in [5.74, 6) is 1.74. The van der Waals surface area contributed by atoms with E-state index in [0.717, 1.165) is 43.2 Å². The number of likely N-dealkylation sites (tertiary alicyclic amines) is 1. The largest absolute Gasteiger partial charge is 0.455 e. The van der Waals surface area contributed by atoms with Crippen molar-refractivity contribution in [1.82, 2.24) is 29.5 Å². The van der Waals surface area contributed by atoms with Crippen LogP contribution in [0.3, 0.4) is 0 Å². The van der Waals surface area contributed by atoms with Crippen molar-refractivity contribution in [1.29, 1.82) is 0 Å². The second kappa shape index (κ2) is 9.12. The lowest BCUT2D eigenvalue weighted by Crippen LogP contribution is -2.35. The van der Waals surface area contributed by atoms with Gasteiger partial charge in [-0.2, -0.15) is 5.10 Å². The van der Waals surface area contributed by atoms with E-state index in [9.17, 15) is 9.59 Å². The number of carbonyl (C=O) groups excluding carboxylic acids is 1. The zero-order valence-corrected chi connectivity index (χ0v) is 18.1. The Hall–Kier alpha value is -3.20. The molecule has 9 nitrogen and oxygen atoms in total. The molecule has 32 heavy (non-hydrogen) atoms. The Morgan fingerprint density at radius 1 is 1.12 bits per heavy atom. The summed E-state index contributed by atoms with van der Waals surface area (Å²) in [6.45, 7) is 3.87. The van der Waals surface area contributed by atoms with Crippen LogP contribution in [0.15, 0.2) is 45.9 Å². The van der Waals surface area contributed by atoms with Crippen LogP contribution in [-0.4, -0.2) is 49.3 Å². The van der Waals surface area contributed by atoms with Crippen LogP contribution >= 0.6 is 0 Å². The Bertz CT molecular complexity index is 1130. The number of nitrogens with zero attached hydrogens (tertiary/aromatic N) is 5. The van der Waals surface area contributed by atoms with Gasteiger partial charge in [-0.15, -0.1) is 0 Å². The molecule has 9 heteroatoms. The van der Waals surface area contributed by atoms with Crippen LogP contribution in [0.1, 0.15) is 53.4 Å². The number of hydrogen-bond donors (Lipinski definition) is 1. The summed E-state index contributed by atoms with van der Waals surface area (Å²) in [6.07, 6.45) is 7.95. The summed E-state index contributed by atoms with van der Waals surface area (Å²) >= 11 is 0. The van der Waals surface area contributed by atoms with Crippen LogP contribution in [-0.2, 0) is 26.1 Å². The molecule has 3 aromatic rings. The van der Waals surface area contributed by atoms with Crippen molar-refractivity contribution in [2.45, 2.75) is 57.8 Å². The summed E-state index contributed by atoms with van der Waals surface area (Å²) in [7, 11) is 0. The fourth-order valence-electron chi connectivity index (χ4n) is 4.54. The summed E-state index contributed by atoms with van der Waals surface area (Å²) in [5, 5.41) is 7.61. The van der Waals surface area contributed by atoms with Gasteiger partial charge in [0, 0.05) is 31.4 Å². The highest BCUT2D eigenvalue weighted by Gasteiger charge is 2.24. The molecule has 1 amide bonds. The van der Waals surface area contributed by atoms with E-state index in [1.165, 1.54) is 17.5 Å². The Kier molecular flexibility index (Phi) is 5.89. The van der Waals surface area contributed by atoms with Gasteiger partial charge in [-0.25, -0.2) is 9.48 Å². The molecule has 0 aliphatic carbocycles. The maximum atomic E-state index is 12.8. The second-order valence-electron chi connectivity index (χ2n) is 8.62. The van der Waals surface area contributed by atoms with Crippen molar-refractivity contribution in [3.8, 4) is 0 Å². The van der Waals surface area contributed by atoms with Gasteiger partial charge in [-0.3, -0.25) is 19.2 Å². The molecule has 5 heterocycles. The van der Waals surface area contributed by atoms with Gasteiger partial charge >= 0.3 is 5.69 Å². The second-order valence-corrected chi connectivity index (χ2v) is 8.62. The number of aromatic nitrogens is 4. The molecular formula is C23H28N6O3. The molecule has 0 bridgehead atoms.